The van der Waals surface area contributed by atoms with Gasteiger partial charge < -0.3 is 16.2 Å². The molecule has 1 aromatic rings. The number of hydrogen-bond donors (Lipinski definition) is 2. The van der Waals surface area contributed by atoms with Crippen LogP contribution in [0, 0.1) is 0 Å². The van der Waals surface area contributed by atoms with Gasteiger partial charge in [0, 0.05) is 5.56 Å². The lowest BCUT2D eigenvalue weighted by molar-refractivity contribution is 0.1000. The second-order valence-corrected chi connectivity index (χ2v) is 3.57. The van der Waals surface area contributed by atoms with Gasteiger partial charge in [-0.1, -0.05) is 13.0 Å². The number of primary amides is 1. The highest BCUT2D eigenvalue weighted by Gasteiger charge is 2.07. The molecule has 1 amide bonds. The second-order valence-electron chi connectivity index (χ2n) is 3.57. The molecule has 0 spiro atoms. The zero-order chi connectivity index (χ0) is 12.0. The van der Waals surface area contributed by atoms with E-state index in [4.69, 9.17) is 16.2 Å². The van der Waals surface area contributed by atoms with Gasteiger partial charge in [-0.15, -0.1) is 0 Å². The van der Waals surface area contributed by atoms with E-state index >= 15 is 0 Å². The molecular formula is C12H18N2O2. The molecular weight excluding hydrogens is 204 g/mol. The van der Waals surface area contributed by atoms with E-state index in [1.54, 1.807) is 12.1 Å². The second kappa shape index (κ2) is 6.12. The van der Waals surface area contributed by atoms with Gasteiger partial charge in [-0.3, -0.25) is 4.79 Å². The molecule has 16 heavy (non-hydrogen) atoms. The maximum atomic E-state index is 11.0. The van der Waals surface area contributed by atoms with Crippen molar-refractivity contribution >= 4 is 5.91 Å². The monoisotopic (exact) mass is 222 g/mol. The number of rotatable bonds is 6. The first-order valence-corrected chi connectivity index (χ1v) is 5.44. The Labute approximate surface area is 95.6 Å². The Morgan fingerprint density at radius 3 is 2.75 bits per heavy atom. The summed E-state index contributed by atoms with van der Waals surface area (Å²) in [6.45, 7) is 3.21. The molecule has 0 radical (unpaired) electrons. The average Bonchev–Trinajstić information content (AvgIpc) is 2.27. The minimum atomic E-state index is -0.444. The van der Waals surface area contributed by atoms with Crippen LogP contribution in [-0.2, 0) is 6.42 Å². The quantitative estimate of drug-likeness (QED) is 0.755. The first-order valence-electron chi connectivity index (χ1n) is 5.44. The van der Waals surface area contributed by atoms with Crippen LogP contribution in [0.15, 0.2) is 18.2 Å². The normalized spacial score (nSPS) is 10.1. The molecule has 1 rings (SSSR count). The number of amides is 1. The summed E-state index contributed by atoms with van der Waals surface area (Å²) in [4.78, 5) is 11.0. The summed E-state index contributed by atoms with van der Waals surface area (Å²) >= 11 is 0. The summed E-state index contributed by atoms with van der Waals surface area (Å²) in [6.07, 6.45) is 1.65. The van der Waals surface area contributed by atoms with Crippen LogP contribution in [0.5, 0.6) is 5.75 Å². The van der Waals surface area contributed by atoms with Gasteiger partial charge >= 0.3 is 0 Å². The molecule has 0 saturated heterocycles. The summed E-state index contributed by atoms with van der Waals surface area (Å²) < 4.78 is 5.57. The first kappa shape index (κ1) is 12.5. The summed E-state index contributed by atoms with van der Waals surface area (Å²) in [7, 11) is 0. The number of hydrogen-bond acceptors (Lipinski definition) is 3. The third kappa shape index (κ3) is 3.24. The van der Waals surface area contributed by atoms with Gasteiger partial charge in [0.2, 0.25) is 5.91 Å². The van der Waals surface area contributed by atoms with E-state index in [2.05, 4.69) is 0 Å². The predicted molar refractivity (Wildman–Crippen MR) is 63.5 cm³/mol. The maximum absolute atomic E-state index is 11.0. The number of carbonyl (C=O) groups is 1. The van der Waals surface area contributed by atoms with Crippen LogP contribution in [0.1, 0.15) is 29.3 Å². The number of carbonyl (C=O) groups excluding carboxylic acids is 1. The molecule has 88 valence electrons. The van der Waals surface area contributed by atoms with Crippen molar-refractivity contribution in [2.45, 2.75) is 19.8 Å². The Balaban J connectivity index is 2.95. The lowest BCUT2D eigenvalue weighted by atomic mass is 10.1. The molecule has 0 atom stereocenters. The molecule has 0 heterocycles. The third-order valence-electron chi connectivity index (χ3n) is 2.23. The van der Waals surface area contributed by atoms with Gasteiger partial charge in [-0.05, 0) is 37.1 Å². The summed E-state index contributed by atoms with van der Waals surface area (Å²) in [6, 6.07) is 5.23. The standard InChI is InChI=1S/C12H18N2O2/c1-2-7-16-11-8-10(12(14)15)4-3-9(11)5-6-13/h3-4,8H,2,5-7,13H2,1H3,(H2,14,15). The van der Waals surface area contributed by atoms with Crippen LogP contribution in [0.25, 0.3) is 0 Å². The van der Waals surface area contributed by atoms with Gasteiger partial charge in [-0.25, -0.2) is 0 Å². The Morgan fingerprint density at radius 1 is 1.44 bits per heavy atom. The largest absolute Gasteiger partial charge is 0.493 e. The smallest absolute Gasteiger partial charge is 0.248 e. The summed E-state index contributed by atoms with van der Waals surface area (Å²) in [5.41, 5.74) is 12.2. The lowest BCUT2D eigenvalue weighted by Crippen LogP contribution is -2.12. The van der Waals surface area contributed by atoms with Crippen molar-refractivity contribution < 1.29 is 9.53 Å². The topological polar surface area (TPSA) is 78.3 Å². The molecule has 0 fully saturated rings. The Morgan fingerprint density at radius 2 is 2.19 bits per heavy atom. The van der Waals surface area contributed by atoms with E-state index < -0.39 is 5.91 Å². The molecule has 0 saturated carbocycles. The van der Waals surface area contributed by atoms with E-state index in [0.29, 0.717) is 24.5 Å². The fourth-order valence-electron chi connectivity index (χ4n) is 1.42. The molecule has 4 nitrogen and oxygen atoms in total. The Bertz CT molecular complexity index is 364. The molecule has 0 aliphatic carbocycles. The zero-order valence-electron chi connectivity index (χ0n) is 9.53. The highest BCUT2D eigenvalue weighted by atomic mass is 16.5. The van der Waals surface area contributed by atoms with Crippen molar-refractivity contribution in [3.8, 4) is 5.75 Å². The predicted octanol–water partition coefficient (Wildman–Crippen LogP) is 1.08. The SMILES string of the molecule is CCCOc1cc(C(N)=O)ccc1CCN. The van der Waals surface area contributed by atoms with E-state index in [9.17, 15) is 4.79 Å². The van der Waals surface area contributed by atoms with Gasteiger partial charge in [0.15, 0.2) is 0 Å². The van der Waals surface area contributed by atoms with E-state index in [0.717, 1.165) is 18.4 Å². The fraction of sp³-hybridized carbons (Fsp3) is 0.417. The maximum Gasteiger partial charge on any atom is 0.248 e. The number of nitrogens with two attached hydrogens (primary N) is 2. The Hall–Kier alpha value is -1.55. The van der Waals surface area contributed by atoms with Crippen LogP contribution in [0.2, 0.25) is 0 Å². The van der Waals surface area contributed by atoms with Crippen molar-refractivity contribution in [1.29, 1.82) is 0 Å². The number of benzene rings is 1. The van der Waals surface area contributed by atoms with Gasteiger partial charge in [0.25, 0.3) is 0 Å². The molecule has 0 bridgehead atoms. The van der Waals surface area contributed by atoms with Gasteiger partial charge in [0.05, 0.1) is 6.61 Å². The van der Waals surface area contributed by atoms with Crippen LogP contribution in [-0.4, -0.2) is 19.1 Å². The highest BCUT2D eigenvalue weighted by molar-refractivity contribution is 5.93. The van der Waals surface area contributed by atoms with Crippen molar-refractivity contribution in [2.75, 3.05) is 13.2 Å². The molecule has 4 N–H and O–H groups in total. The summed E-state index contributed by atoms with van der Waals surface area (Å²) in [5.74, 6) is 0.268. The van der Waals surface area contributed by atoms with Crippen LogP contribution in [0.3, 0.4) is 0 Å². The van der Waals surface area contributed by atoms with Crippen molar-refractivity contribution in [1.82, 2.24) is 0 Å². The Kier molecular flexibility index (Phi) is 4.79. The van der Waals surface area contributed by atoms with E-state index in [1.165, 1.54) is 0 Å². The van der Waals surface area contributed by atoms with Crippen molar-refractivity contribution in [3.63, 3.8) is 0 Å². The van der Waals surface area contributed by atoms with Crippen molar-refractivity contribution in [2.24, 2.45) is 11.5 Å². The first-order chi connectivity index (χ1) is 7.69. The van der Waals surface area contributed by atoms with Gasteiger partial charge in [0.1, 0.15) is 5.75 Å². The minimum Gasteiger partial charge on any atom is -0.493 e. The minimum absolute atomic E-state index is 0.444. The van der Waals surface area contributed by atoms with Crippen LogP contribution >= 0.6 is 0 Å². The zero-order valence-corrected chi connectivity index (χ0v) is 9.53. The van der Waals surface area contributed by atoms with E-state index in [-0.39, 0.29) is 0 Å². The van der Waals surface area contributed by atoms with Gasteiger partial charge in [-0.2, -0.15) is 0 Å². The van der Waals surface area contributed by atoms with Crippen molar-refractivity contribution in [3.05, 3.63) is 29.3 Å². The lowest BCUT2D eigenvalue weighted by Gasteiger charge is -2.11. The average molecular weight is 222 g/mol. The molecule has 0 unspecified atom stereocenters. The molecule has 4 heteroatoms. The molecule has 0 aromatic heterocycles. The third-order valence-corrected chi connectivity index (χ3v) is 2.23. The molecule has 1 aromatic carbocycles. The number of ether oxygens (including phenoxy) is 1. The highest BCUT2D eigenvalue weighted by Crippen LogP contribution is 2.21. The summed E-state index contributed by atoms with van der Waals surface area (Å²) in [5, 5.41) is 0. The van der Waals surface area contributed by atoms with E-state index in [1.807, 2.05) is 13.0 Å². The van der Waals surface area contributed by atoms with Crippen LogP contribution in [0.4, 0.5) is 0 Å². The van der Waals surface area contributed by atoms with Crippen LogP contribution < -0.4 is 16.2 Å². The molecule has 0 aliphatic rings. The molecule has 0 aliphatic heterocycles. The fourth-order valence-corrected chi connectivity index (χ4v) is 1.42.